The fourth-order valence-electron chi connectivity index (χ4n) is 2.94. The summed E-state index contributed by atoms with van der Waals surface area (Å²) in [7, 11) is 0. The summed E-state index contributed by atoms with van der Waals surface area (Å²) < 4.78 is 27.0. The summed E-state index contributed by atoms with van der Waals surface area (Å²) in [6.07, 6.45) is 0.0531. The van der Waals surface area contributed by atoms with Crippen LogP contribution in [0, 0.1) is 11.6 Å². The summed E-state index contributed by atoms with van der Waals surface area (Å²) in [4.78, 5) is 15.2. The van der Waals surface area contributed by atoms with Crippen molar-refractivity contribution in [2.75, 3.05) is 0 Å². The lowest BCUT2D eigenvalue weighted by Gasteiger charge is -2.11. The minimum absolute atomic E-state index is 0.148. The molecule has 0 spiro atoms. The summed E-state index contributed by atoms with van der Waals surface area (Å²) in [5, 5.41) is 12.7. The van der Waals surface area contributed by atoms with Crippen molar-refractivity contribution in [3.8, 4) is 11.3 Å². The van der Waals surface area contributed by atoms with Crippen LogP contribution in [0.2, 0.25) is 0 Å². The fourth-order valence-corrected chi connectivity index (χ4v) is 2.94. The number of aromatic nitrogens is 1. The number of rotatable bonds is 6. The van der Waals surface area contributed by atoms with Crippen LogP contribution in [0.3, 0.4) is 0 Å². The van der Waals surface area contributed by atoms with E-state index in [-0.39, 0.29) is 24.0 Å². The number of halogens is 2. The highest BCUT2D eigenvalue weighted by atomic mass is 19.1. The molecule has 6 heteroatoms. The topological polar surface area (TPSA) is 65.1 Å². The Kier molecular flexibility index (Phi) is 5.32. The van der Waals surface area contributed by atoms with E-state index in [9.17, 15) is 18.7 Å². The molecule has 1 aromatic heterocycles. The maximum atomic E-state index is 13.7. The summed E-state index contributed by atoms with van der Waals surface area (Å²) in [6, 6.07) is 10.4. The van der Waals surface area contributed by atoms with Crippen LogP contribution < -0.4 is 5.32 Å². The Hall–Kier alpha value is -2.73. The molecular weight excluding hydrogens is 338 g/mol. The molecule has 26 heavy (non-hydrogen) atoms. The van der Waals surface area contributed by atoms with E-state index in [1.165, 1.54) is 24.3 Å². The number of carbonyl (C=O) groups is 1. The molecule has 0 aliphatic rings. The minimum Gasteiger partial charge on any atom is -0.374 e. The monoisotopic (exact) mass is 358 g/mol. The Labute approximate surface area is 149 Å². The zero-order valence-corrected chi connectivity index (χ0v) is 14.4. The SMILES string of the molecule is CC[C@@H](O)NC(=O)CCc1c(-c2ccc(F)cc2)[nH]c2ccc(F)cc12. The van der Waals surface area contributed by atoms with Crippen LogP contribution in [0.15, 0.2) is 42.5 Å². The fraction of sp³-hybridized carbons (Fsp3) is 0.250. The van der Waals surface area contributed by atoms with Gasteiger partial charge in [-0.3, -0.25) is 4.79 Å². The summed E-state index contributed by atoms with van der Waals surface area (Å²) >= 11 is 0. The van der Waals surface area contributed by atoms with Crippen molar-refractivity contribution in [3.63, 3.8) is 0 Å². The lowest BCUT2D eigenvalue weighted by Crippen LogP contribution is -2.34. The van der Waals surface area contributed by atoms with Gasteiger partial charge in [0, 0.05) is 23.0 Å². The first-order valence-corrected chi connectivity index (χ1v) is 8.51. The third kappa shape index (κ3) is 3.91. The van der Waals surface area contributed by atoms with Gasteiger partial charge in [0.1, 0.15) is 17.9 Å². The first-order chi connectivity index (χ1) is 12.5. The van der Waals surface area contributed by atoms with E-state index >= 15 is 0 Å². The summed E-state index contributed by atoms with van der Waals surface area (Å²) in [5.41, 5.74) is 3.02. The van der Waals surface area contributed by atoms with Crippen LogP contribution in [0.5, 0.6) is 0 Å². The third-order valence-electron chi connectivity index (χ3n) is 4.32. The van der Waals surface area contributed by atoms with Crippen LogP contribution in [0.4, 0.5) is 8.78 Å². The van der Waals surface area contributed by atoms with Gasteiger partial charge in [-0.25, -0.2) is 8.78 Å². The Balaban J connectivity index is 1.95. The second kappa shape index (κ2) is 7.66. The molecule has 0 aliphatic heterocycles. The van der Waals surface area contributed by atoms with Crippen molar-refractivity contribution in [1.82, 2.24) is 10.3 Å². The van der Waals surface area contributed by atoms with Gasteiger partial charge in [-0.05, 0) is 66.4 Å². The molecule has 3 rings (SSSR count). The Morgan fingerprint density at radius 1 is 1.15 bits per heavy atom. The van der Waals surface area contributed by atoms with Gasteiger partial charge in [0.15, 0.2) is 0 Å². The minimum atomic E-state index is -0.875. The molecule has 0 aliphatic carbocycles. The molecule has 3 N–H and O–H groups in total. The molecule has 0 radical (unpaired) electrons. The smallest absolute Gasteiger partial charge is 0.222 e. The number of aryl methyl sites for hydroxylation is 1. The molecule has 0 fully saturated rings. The highest BCUT2D eigenvalue weighted by Crippen LogP contribution is 2.32. The van der Waals surface area contributed by atoms with Crippen molar-refractivity contribution >= 4 is 16.8 Å². The maximum absolute atomic E-state index is 13.7. The second-order valence-electron chi connectivity index (χ2n) is 6.17. The zero-order chi connectivity index (χ0) is 18.7. The lowest BCUT2D eigenvalue weighted by molar-refractivity contribution is -0.124. The normalized spacial score (nSPS) is 12.3. The summed E-state index contributed by atoms with van der Waals surface area (Å²) in [6.45, 7) is 1.76. The number of benzene rings is 2. The van der Waals surface area contributed by atoms with Crippen LogP contribution in [0.1, 0.15) is 25.3 Å². The van der Waals surface area contributed by atoms with E-state index in [2.05, 4.69) is 10.3 Å². The zero-order valence-electron chi connectivity index (χ0n) is 14.4. The van der Waals surface area contributed by atoms with Crippen molar-refractivity contribution in [3.05, 3.63) is 59.7 Å². The van der Waals surface area contributed by atoms with Crippen LogP contribution >= 0.6 is 0 Å². The van der Waals surface area contributed by atoms with Crippen molar-refractivity contribution < 1.29 is 18.7 Å². The second-order valence-corrected chi connectivity index (χ2v) is 6.17. The van der Waals surface area contributed by atoms with Gasteiger partial charge < -0.3 is 15.4 Å². The number of hydrogen-bond donors (Lipinski definition) is 3. The number of nitrogens with one attached hydrogen (secondary N) is 2. The Bertz CT molecular complexity index is 919. The average molecular weight is 358 g/mol. The molecule has 0 saturated heterocycles. The predicted molar refractivity (Wildman–Crippen MR) is 96.4 cm³/mol. The van der Waals surface area contributed by atoms with Gasteiger partial charge in [-0.1, -0.05) is 6.92 Å². The third-order valence-corrected chi connectivity index (χ3v) is 4.32. The molecule has 1 amide bonds. The number of fused-ring (bicyclic) bond motifs is 1. The van der Waals surface area contributed by atoms with E-state index in [1.807, 2.05) is 0 Å². The Morgan fingerprint density at radius 3 is 2.54 bits per heavy atom. The molecule has 3 aromatic rings. The lowest BCUT2D eigenvalue weighted by atomic mass is 10.0. The van der Waals surface area contributed by atoms with E-state index in [0.717, 1.165) is 22.3 Å². The Morgan fingerprint density at radius 2 is 1.85 bits per heavy atom. The molecule has 0 saturated carbocycles. The number of aliphatic hydroxyl groups is 1. The number of amides is 1. The van der Waals surface area contributed by atoms with Crippen LogP contribution in [-0.2, 0) is 11.2 Å². The standard InChI is InChI=1S/C20H20F2N2O2/c1-2-18(25)24-19(26)10-8-15-16-11-14(22)7-9-17(16)23-20(15)12-3-5-13(21)6-4-12/h3-7,9,11,18,23,25H,2,8,10H2,1H3,(H,24,26)/t18-/m1/s1. The molecule has 1 heterocycles. The highest BCUT2D eigenvalue weighted by molar-refractivity contribution is 5.91. The van der Waals surface area contributed by atoms with Crippen LogP contribution in [0.25, 0.3) is 22.2 Å². The summed E-state index contributed by atoms with van der Waals surface area (Å²) in [5.74, 6) is -0.991. The van der Waals surface area contributed by atoms with Gasteiger partial charge in [-0.15, -0.1) is 0 Å². The van der Waals surface area contributed by atoms with E-state index in [0.29, 0.717) is 18.2 Å². The van der Waals surface area contributed by atoms with Crippen molar-refractivity contribution in [1.29, 1.82) is 0 Å². The largest absolute Gasteiger partial charge is 0.374 e. The molecule has 4 nitrogen and oxygen atoms in total. The number of hydrogen-bond acceptors (Lipinski definition) is 2. The van der Waals surface area contributed by atoms with Gasteiger partial charge in [0.2, 0.25) is 5.91 Å². The van der Waals surface area contributed by atoms with Crippen molar-refractivity contribution in [2.24, 2.45) is 0 Å². The van der Waals surface area contributed by atoms with Gasteiger partial charge in [-0.2, -0.15) is 0 Å². The average Bonchev–Trinajstić information content (AvgIpc) is 2.98. The predicted octanol–water partition coefficient (Wildman–Crippen LogP) is 3.89. The first-order valence-electron chi connectivity index (χ1n) is 8.51. The number of aliphatic hydroxyl groups excluding tert-OH is 1. The first kappa shape index (κ1) is 18.1. The quantitative estimate of drug-likeness (QED) is 0.585. The molecular formula is C20H20F2N2O2. The molecule has 2 aromatic carbocycles. The van der Waals surface area contributed by atoms with Gasteiger partial charge in [0.25, 0.3) is 0 Å². The number of aromatic amines is 1. The highest BCUT2D eigenvalue weighted by Gasteiger charge is 2.16. The van der Waals surface area contributed by atoms with Crippen molar-refractivity contribution in [2.45, 2.75) is 32.4 Å². The molecule has 1 atom stereocenters. The van der Waals surface area contributed by atoms with Gasteiger partial charge in [0.05, 0.1) is 0 Å². The van der Waals surface area contributed by atoms with Crippen LogP contribution in [-0.4, -0.2) is 22.2 Å². The van der Waals surface area contributed by atoms with E-state index in [1.54, 1.807) is 25.1 Å². The van der Waals surface area contributed by atoms with E-state index < -0.39 is 6.23 Å². The molecule has 0 unspecified atom stereocenters. The van der Waals surface area contributed by atoms with Gasteiger partial charge >= 0.3 is 0 Å². The van der Waals surface area contributed by atoms with E-state index in [4.69, 9.17) is 0 Å². The number of carbonyl (C=O) groups excluding carboxylic acids is 1. The molecule has 0 bridgehead atoms. The molecule has 136 valence electrons. The number of H-pyrrole nitrogens is 1. The maximum Gasteiger partial charge on any atom is 0.222 e.